The van der Waals surface area contributed by atoms with Crippen LogP contribution in [0.2, 0.25) is 0 Å². The van der Waals surface area contributed by atoms with E-state index in [4.69, 9.17) is 0 Å². The van der Waals surface area contributed by atoms with Crippen molar-refractivity contribution in [2.75, 3.05) is 0 Å². The van der Waals surface area contributed by atoms with E-state index in [0.717, 1.165) is 5.82 Å². The second-order valence-electron chi connectivity index (χ2n) is 4.45. The molecule has 2 N–H and O–H groups in total. The van der Waals surface area contributed by atoms with Gasteiger partial charge in [0.2, 0.25) is 0 Å². The molecule has 0 aliphatic heterocycles. The number of nitrogens with zero attached hydrogens (tertiary/aromatic N) is 2. The molecule has 90 valence electrons. The highest BCUT2D eigenvalue weighted by Gasteiger charge is 2.14. The van der Waals surface area contributed by atoms with Gasteiger partial charge in [0, 0.05) is 6.04 Å². The molecule has 0 saturated carbocycles. The van der Waals surface area contributed by atoms with Crippen LogP contribution < -0.4 is 5.32 Å². The zero-order chi connectivity index (χ0) is 12.1. The van der Waals surface area contributed by atoms with Gasteiger partial charge in [-0.25, -0.2) is 4.98 Å². The van der Waals surface area contributed by atoms with Crippen LogP contribution in [0.1, 0.15) is 31.3 Å². The van der Waals surface area contributed by atoms with E-state index < -0.39 is 0 Å². The van der Waals surface area contributed by atoms with Crippen molar-refractivity contribution < 1.29 is 0 Å². The molecular weight excluding hydrogens is 212 g/mol. The van der Waals surface area contributed by atoms with Gasteiger partial charge in [0.05, 0.1) is 6.54 Å². The lowest BCUT2D eigenvalue weighted by atomic mass is 9.96. The molecule has 1 aromatic carbocycles. The Labute approximate surface area is 101 Å². The van der Waals surface area contributed by atoms with E-state index in [1.54, 1.807) is 0 Å². The third-order valence-corrected chi connectivity index (χ3v) is 2.78. The molecule has 4 heteroatoms. The molecule has 0 bridgehead atoms. The highest BCUT2D eigenvalue weighted by atomic mass is 15.2. The van der Waals surface area contributed by atoms with Gasteiger partial charge in [-0.05, 0) is 11.5 Å². The first-order valence-electron chi connectivity index (χ1n) is 5.90. The average Bonchev–Trinajstić information content (AvgIpc) is 2.83. The molecule has 17 heavy (non-hydrogen) atoms. The van der Waals surface area contributed by atoms with E-state index in [1.807, 2.05) is 6.07 Å². The van der Waals surface area contributed by atoms with Crippen LogP contribution in [0.5, 0.6) is 0 Å². The van der Waals surface area contributed by atoms with Crippen LogP contribution >= 0.6 is 0 Å². The summed E-state index contributed by atoms with van der Waals surface area (Å²) in [6, 6.07) is 10.8. The summed E-state index contributed by atoms with van der Waals surface area (Å²) >= 11 is 0. The number of H-pyrrole nitrogens is 1. The monoisotopic (exact) mass is 230 g/mol. The molecule has 0 fully saturated rings. The predicted molar refractivity (Wildman–Crippen MR) is 67.2 cm³/mol. The predicted octanol–water partition coefficient (Wildman–Crippen LogP) is 2.29. The van der Waals surface area contributed by atoms with Gasteiger partial charge in [-0.1, -0.05) is 44.2 Å². The number of aromatic amines is 1. The van der Waals surface area contributed by atoms with Crippen molar-refractivity contribution in [1.82, 2.24) is 20.5 Å². The summed E-state index contributed by atoms with van der Waals surface area (Å²) in [6.45, 7) is 5.13. The Hall–Kier alpha value is -1.68. The van der Waals surface area contributed by atoms with E-state index in [1.165, 1.54) is 11.9 Å². The van der Waals surface area contributed by atoms with Gasteiger partial charge in [-0.2, -0.15) is 5.10 Å². The molecule has 0 amide bonds. The lowest BCUT2D eigenvalue weighted by Crippen LogP contribution is -2.25. The second-order valence-corrected chi connectivity index (χ2v) is 4.45. The number of hydrogen-bond donors (Lipinski definition) is 2. The van der Waals surface area contributed by atoms with Crippen LogP contribution in [0, 0.1) is 5.92 Å². The van der Waals surface area contributed by atoms with Gasteiger partial charge in [-0.3, -0.25) is 5.10 Å². The number of nitrogens with one attached hydrogen (secondary N) is 2. The van der Waals surface area contributed by atoms with Gasteiger partial charge in [0.1, 0.15) is 12.2 Å². The average molecular weight is 230 g/mol. The van der Waals surface area contributed by atoms with Gasteiger partial charge >= 0.3 is 0 Å². The normalized spacial score (nSPS) is 12.9. The molecule has 1 aromatic heterocycles. The van der Waals surface area contributed by atoms with Crippen molar-refractivity contribution in [1.29, 1.82) is 0 Å². The van der Waals surface area contributed by atoms with Crippen LogP contribution in [-0.2, 0) is 6.54 Å². The molecule has 2 aromatic rings. The zero-order valence-corrected chi connectivity index (χ0v) is 10.2. The Morgan fingerprint density at radius 2 is 2.00 bits per heavy atom. The summed E-state index contributed by atoms with van der Waals surface area (Å²) in [7, 11) is 0. The van der Waals surface area contributed by atoms with E-state index in [2.05, 4.69) is 58.6 Å². The fourth-order valence-electron chi connectivity index (χ4n) is 1.92. The summed E-state index contributed by atoms with van der Waals surface area (Å²) in [5.41, 5.74) is 1.31. The third-order valence-electron chi connectivity index (χ3n) is 2.78. The summed E-state index contributed by atoms with van der Waals surface area (Å²) in [6.07, 6.45) is 1.53. The first-order chi connectivity index (χ1) is 8.27. The molecule has 0 aliphatic rings. The molecule has 0 radical (unpaired) electrons. The topological polar surface area (TPSA) is 53.6 Å². The maximum atomic E-state index is 4.11. The second kappa shape index (κ2) is 5.59. The van der Waals surface area contributed by atoms with E-state index >= 15 is 0 Å². The molecule has 2 rings (SSSR count). The highest BCUT2D eigenvalue weighted by Crippen LogP contribution is 2.21. The lowest BCUT2D eigenvalue weighted by molar-refractivity contribution is 0.406. The molecule has 1 atom stereocenters. The summed E-state index contributed by atoms with van der Waals surface area (Å²) < 4.78 is 0. The van der Waals surface area contributed by atoms with Crippen molar-refractivity contribution in [2.45, 2.75) is 26.4 Å². The molecular formula is C13H18N4. The Morgan fingerprint density at radius 1 is 1.24 bits per heavy atom. The molecule has 0 saturated heterocycles. The first-order valence-corrected chi connectivity index (χ1v) is 5.90. The van der Waals surface area contributed by atoms with Gasteiger partial charge < -0.3 is 5.32 Å². The van der Waals surface area contributed by atoms with Gasteiger partial charge in [0.15, 0.2) is 0 Å². The maximum Gasteiger partial charge on any atom is 0.138 e. The number of rotatable bonds is 5. The Balaban J connectivity index is 2.03. The van der Waals surface area contributed by atoms with E-state index in [9.17, 15) is 0 Å². The molecule has 0 aliphatic carbocycles. The Morgan fingerprint density at radius 3 is 2.59 bits per heavy atom. The van der Waals surface area contributed by atoms with Crippen molar-refractivity contribution in [3.63, 3.8) is 0 Å². The molecule has 1 unspecified atom stereocenters. The summed E-state index contributed by atoms with van der Waals surface area (Å²) in [4.78, 5) is 4.11. The van der Waals surface area contributed by atoms with Crippen molar-refractivity contribution >= 4 is 0 Å². The minimum absolute atomic E-state index is 0.335. The Bertz CT molecular complexity index is 422. The number of aromatic nitrogens is 3. The van der Waals surface area contributed by atoms with E-state index in [-0.39, 0.29) is 0 Å². The minimum Gasteiger partial charge on any atom is -0.303 e. The fraction of sp³-hybridized carbons (Fsp3) is 0.385. The molecule has 1 heterocycles. The molecule has 4 nitrogen and oxygen atoms in total. The lowest BCUT2D eigenvalue weighted by Gasteiger charge is -2.22. The SMILES string of the molecule is CC(C)C(NCc1ncn[nH]1)c1ccccc1. The first kappa shape index (κ1) is 11.8. The van der Waals surface area contributed by atoms with Crippen molar-refractivity contribution in [2.24, 2.45) is 5.92 Å². The van der Waals surface area contributed by atoms with Crippen molar-refractivity contribution in [3.05, 3.63) is 48.0 Å². The third kappa shape index (κ3) is 3.14. The number of hydrogen-bond acceptors (Lipinski definition) is 3. The summed E-state index contributed by atoms with van der Waals surface area (Å²) in [5, 5.41) is 10.2. The quantitative estimate of drug-likeness (QED) is 0.828. The Kier molecular flexibility index (Phi) is 3.88. The highest BCUT2D eigenvalue weighted by molar-refractivity contribution is 5.19. The summed E-state index contributed by atoms with van der Waals surface area (Å²) in [5.74, 6) is 1.40. The fourth-order valence-corrected chi connectivity index (χ4v) is 1.92. The van der Waals surface area contributed by atoms with Crippen molar-refractivity contribution in [3.8, 4) is 0 Å². The molecule has 0 spiro atoms. The standard InChI is InChI=1S/C13H18N4/c1-10(2)13(11-6-4-3-5-7-11)14-8-12-15-9-16-17-12/h3-7,9-10,13-14H,8H2,1-2H3,(H,15,16,17). The minimum atomic E-state index is 0.335. The largest absolute Gasteiger partial charge is 0.303 e. The zero-order valence-electron chi connectivity index (χ0n) is 10.2. The van der Waals surface area contributed by atoms with Crippen LogP contribution in [0.4, 0.5) is 0 Å². The van der Waals surface area contributed by atoms with Crippen LogP contribution in [-0.4, -0.2) is 15.2 Å². The van der Waals surface area contributed by atoms with Gasteiger partial charge in [0.25, 0.3) is 0 Å². The van der Waals surface area contributed by atoms with Crippen LogP contribution in [0.25, 0.3) is 0 Å². The smallest absolute Gasteiger partial charge is 0.138 e. The van der Waals surface area contributed by atoms with E-state index in [0.29, 0.717) is 18.5 Å². The van der Waals surface area contributed by atoms with Gasteiger partial charge in [-0.15, -0.1) is 0 Å². The maximum absolute atomic E-state index is 4.11. The van der Waals surface area contributed by atoms with Crippen LogP contribution in [0.3, 0.4) is 0 Å². The number of benzene rings is 1. The van der Waals surface area contributed by atoms with Crippen LogP contribution in [0.15, 0.2) is 36.7 Å².